The summed E-state index contributed by atoms with van der Waals surface area (Å²) in [5.41, 5.74) is 1.00. The Kier molecular flexibility index (Phi) is 8.69. The van der Waals surface area contributed by atoms with Gasteiger partial charge in [-0.05, 0) is 36.4 Å². The van der Waals surface area contributed by atoms with Crippen molar-refractivity contribution in [1.29, 1.82) is 0 Å². The van der Waals surface area contributed by atoms with Crippen LogP contribution >= 0.6 is 24.0 Å². The van der Waals surface area contributed by atoms with Gasteiger partial charge in [0.2, 0.25) is 0 Å². The number of hydrogen-bond acceptors (Lipinski definition) is 1. The van der Waals surface area contributed by atoms with Gasteiger partial charge in [0.05, 0.1) is 18.7 Å². The van der Waals surface area contributed by atoms with Crippen molar-refractivity contribution < 1.29 is 13.2 Å². The van der Waals surface area contributed by atoms with Crippen LogP contribution in [0, 0.1) is 11.8 Å². The van der Waals surface area contributed by atoms with Crippen molar-refractivity contribution in [2.75, 3.05) is 20.6 Å². The van der Waals surface area contributed by atoms with Gasteiger partial charge in [-0.25, -0.2) is 0 Å². The lowest BCUT2D eigenvalue weighted by atomic mass is 10.1. The van der Waals surface area contributed by atoms with Crippen LogP contribution in [0.4, 0.5) is 13.2 Å². The lowest BCUT2D eigenvalue weighted by molar-refractivity contribution is -0.137. The van der Waals surface area contributed by atoms with Gasteiger partial charge in [0.15, 0.2) is 5.96 Å². The Morgan fingerprint density at radius 1 is 1.22 bits per heavy atom. The first-order valence-corrected chi connectivity index (χ1v) is 7.99. The summed E-state index contributed by atoms with van der Waals surface area (Å²) in [5, 5.41) is 3.12. The Morgan fingerprint density at radius 3 is 2.41 bits per heavy atom. The van der Waals surface area contributed by atoms with Crippen molar-refractivity contribution in [2.45, 2.75) is 12.7 Å². The molecule has 4 nitrogen and oxygen atoms in total. The zero-order valence-electron chi connectivity index (χ0n) is 15.3. The van der Waals surface area contributed by atoms with Crippen LogP contribution < -0.4 is 5.32 Å². The highest BCUT2D eigenvalue weighted by Gasteiger charge is 2.29. The number of rotatable bonds is 3. The zero-order valence-corrected chi connectivity index (χ0v) is 17.7. The van der Waals surface area contributed by atoms with Gasteiger partial charge in [-0.2, -0.15) is 13.2 Å². The second kappa shape index (κ2) is 10.3. The Labute approximate surface area is 174 Å². The highest BCUT2D eigenvalue weighted by atomic mass is 127. The molecule has 0 bridgehead atoms. The number of aryl methyl sites for hydroxylation is 1. The predicted octanol–water partition coefficient (Wildman–Crippen LogP) is 3.72. The number of aliphatic imine (C=N–C) groups is 1. The molecule has 0 fully saturated rings. The quantitative estimate of drug-likeness (QED) is 0.308. The largest absolute Gasteiger partial charge is 0.416 e. The third-order valence-electron chi connectivity index (χ3n) is 3.80. The Hall–Kier alpha value is -2.15. The van der Waals surface area contributed by atoms with Gasteiger partial charge >= 0.3 is 6.18 Å². The third-order valence-corrected chi connectivity index (χ3v) is 3.80. The molecule has 0 spiro atoms. The second-order valence-corrected chi connectivity index (χ2v) is 5.74. The van der Waals surface area contributed by atoms with Crippen LogP contribution in [-0.4, -0.2) is 36.1 Å². The standard InChI is InChI=1S/C19H21F3N4.HI/c1-23-18(26(3)14-17-7-5-13-25(17)2)24-12-4-6-15-8-10-16(11-9-15)19(20,21)22;/h5,7-11,13H,12,14H2,1-3H3,(H,23,24);1H. The summed E-state index contributed by atoms with van der Waals surface area (Å²) in [6.07, 6.45) is -2.35. The minimum absolute atomic E-state index is 0. The van der Waals surface area contributed by atoms with E-state index in [4.69, 9.17) is 0 Å². The van der Waals surface area contributed by atoms with Gasteiger partial charge in [0, 0.05) is 38.6 Å². The third kappa shape index (κ3) is 6.82. The summed E-state index contributed by atoms with van der Waals surface area (Å²) < 4.78 is 39.6. The fourth-order valence-corrected chi connectivity index (χ4v) is 2.38. The summed E-state index contributed by atoms with van der Waals surface area (Å²) in [6.45, 7) is 1.03. The number of hydrogen-bond donors (Lipinski definition) is 1. The average molecular weight is 490 g/mol. The van der Waals surface area contributed by atoms with Gasteiger partial charge in [-0.3, -0.25) is 4.99 Å². The number of aromatic nitrogens is 1. The van der Waals surface area contributed by atoms with Gasteiger partial charge < -0.3 is 14.8 Å². The molecule has 0 aliphatic rings. The van der Waals surface area contributed by atoms with Gasteiger partial charge in [-0.1, -0.05) is 11.8 Å². The Balaban J connectivity index is 0.00000364. The Bertz CT molecular complexity index is 814. The average Bonchev–Trinajstić information content (AvgIpc) is 2.99. The van der Waals surface area contributed by atoms with E-state index in [2.05, 4.69) is 22.2 Å². The van der Waals surface area contributed by atoms with Crippen molar-refractivity contribution in [1.82, 2.24) is 14.8 Å². The minimum Gasteiger partial charge on any atom is -0.353 e. The molecular weight excluding hydrogens is 468 g/mol. The summed E-state index contributed by atoms with van der Waals surface area (Å²) >= 11 is 0. The Morgan fingerprint density at radius 2 is 1.89 bits per heavy atom. The van der Waals surface area contributed by atoms with E-state index in [-0.39, 0.29) is 24.0 Å². The summed E-state index contributed by atoms with van der Waals surface area (Å²) in [4.78, 5) is 6.18. The number of alkyl halides is 3. The molecule has 0 aliphatic carbocycles. The molecule has 1 heterocycles. The van der Waals surface area contributed by atoms with E-state index in [1.165, 1.54) is 12.1 Å². The van der Waals surface area contributed by atoms with Crippen molar-refractivity contribution in [3.05, 3.63) is 59.4 Å². The van der Waals surface area contributed by atoms with E-state index in [0.717, 1.165) is 17.8 Å². The molecule has 1 aromatic heterocycles. The highest BCUT2D eigenvalue weighted by molar-refractivity contribution is 14.0. The number of halogens is 4. The van der Waals surface area contributed by atoms with Gasteiger partial charge in [-0.15, -0.1) is 24.0 Å². The molecule has 0 saturated carbocycles. The van der Waals surface area contributed by atoms with Crippen molar-refractivity contribution >= 4 is 29.9 Å². The molecule has 2 aromatic rings. The van der Waals surface area contributed by atoms with E-state index < -0.39 is 11.7 Å². The monoisotopic (exact) mass is 490 g/mol. The van der Waals surface area contributed by atoms with E-state index in [1.807, 2.05) is 41.9 Å². The topological polar surface area (TPSA) is 32.6 Å². The fraction of sp³-hybridized carbons (Fsp3) is 0.316. The highest BCUT2D eigenvalue weighted by Crippen LogP contribution is 2.28. The van der Waals surface area contributed by atoms with Crippen LogP contribution in [0.3, 0.4) is 0 Å². The van der Waals surface area contributed by atoms with E-state index in [9.17, 15) is 13.2 Å². The first-order valence-electron chi connectivity index (χ1n) is 7.99. The normalized spacial score (nSPS) is 11.3. The van der Waals surface area contributed by atoms with E-state index >= 15 is 0 Å². The predicted molar refractivity (Wildman–Crippen MR) is 112 cm³/mol. The molecule has 0 unspecified atom stereocenters. The molecule has 0 aliphatic heterocycles. The molecule has 1 aromatic carbocycles. The molecule has 0 amide bonds. The van der Waals surface area contributed by atoms with Crippen LogP contribution in [0.5, 0.6) is 0 Å². The number of guanidine groups is 1. The minimum atomic E-state index is -4.33. The van der Waals surface area contributed by atoms with Gasteiger partial charge in [0.25, 0.3) is 0 Å². The van der Waals surface area contributed by atoms with Crippen molar-refractivity contribution in [2.24, 2.45) is 12.0 Å². The molecule has 0 radical (unpaired) electrons. The van der Waals surface area contributed by atoms with Crippen LogP contribution in [0.2, 0.25) is 0 Å². The molecule has 0 atom stereocenters. The van der Waals surface area contributed by atoms with E-state index in [1.54, 1.807) is 7.05 Å². The van der Waals surface area contributed by atoms with Crippen molar-refractivity contribution in [3.8, 4) is 11.8 Å². The number of nitrogens with one attached hydrogen (secondary N) is 1. The molecule has 0 saturated heterocycles. The van der Waals surface area contributed by atoms with Crippen LogP contribution in [0.25, 0.3) is 0 Å². The lowest BCUT2D eigenvalue weighted by Gasteiger charge is -2.21. The molecule has 1 N–H and O–H groups in total. The smallest absolute Gasteiger partial charge is 0.353 e. The summed E-state index contributed by atoms with van der Waals surface area (Å²) in [7, 11) is 5.59. The molecule has 2 rings (SSSR count). The molecular formula is C19H22F3IN4. The number of nitrogens with zero attached hydrogens (tertiary/aromatic N) is 3. The SMILES string of the molecule is CN=C(NCC#Cc1ccc(C(F)(F)F)cc1)N(C)Cc1cccn1C.I. The fourth-order valence-electron chi connectivity index (χ4n) is 2.38. The number of benzene rings is 1. The van der Waals surface area contributed by atoms with Gasteiger partial charge in [0.1, 0.15) is 0 Å². The van der Waals surface area contributed by atoms with Crippen molar-refractivity contribution in [3.63, 3.8) is 0 Å². The maximum Gasteiger partial charge on any atom is 0.416 e. The molecule has 146 valence electrons. The maximum atomic E-state index is 12.5. The molecule has 27 heavy (non-hydrogen) atoms. The first kappa shape index (κ1) is 22.9. The van der Waals surface area contributed by atoms with Crippen LogP contribution in [0.15, 0.2) is 47.6 Å². The molecule has 8 heteroatoms. The summed E-state index contributed by atoms with van der Waals surface area (Å²) in [5.74, 6) is 6.42. The lowest BCUT2D eigenvalue weighted by Crippen LogP contribution is -2.38. The van der Waals surface area contributed by atoms with Crippen LogP contribution in [0.1, 0.15) is 16.8 Å². The van der Waals surface area contributed by atoms with Crippen LogP contribution in [-0.2, 0) is 19.8 Å². The van der Waals surface area contributed by atoms with E-state index in [0.29, 0.717) is 24.6 Å². The second-order valence-electron chi connectivity index (χ2n) is 5.74. The maximum absolute atomic E-state index is 12.5. The first-order chi connectivity index (χ1) is 12.3. The summed E-state index contributed by atoms with van der Waals surface area (Å²) in [6, 6.07) is 8.81. The zero-order chi connectivity index (χ0) is 19.2.